The number of nitrogen functional groups attached to an aromatic ring is 1. The van der Waals surface area contributed by atoms with Gasteiger partial charge in [0.05, 0.1) is 16.6 Å². The Bertz CT molecular complexity index is 512. The number of non-ortho nitro benzene ring substituents is 1. The molecule has 0 radical (unpaired) electrons. The zero-order valence-corrected chi connectivity index (χ0v) is 7.04. The van der Waals surface area contributed by atoms with Crippen molar-refractivity contribution in [2.45, 2.75) is 0 Å². The standard InChI is InChI=1S/C8H6N4O2/c9-7-4-10-8-5(11-7)2-1-3-6(8)12(13)14/h1-4H,(H2,9,11). The Morgan fingerprint density at radius 2 is 2.21 bits per heavy atom. The number of nitro groups is 1. The first-order chi connectivity index (χ1) is 6.68. The molecule has 6 heteroatoms. The SMILES string of the molecule is Nc1cnc2c([N+](=O)[O-])cccc2n1. The number of hydrogen-bond acceptors (Lipinski definition) is 5. The number of anilines is 1. The maximum Gasteiger partial charge on any atom is 0.297 e. The van der Waals surface area contributed by atoms with E-state index in [9.17, 15) is 10.1 Å². The summed E-state index contributed by atoms with van der Waals surface area (Å²) in [7, 11) is 0. The van der Waals surface area contributed by atoms with Crippen molar-refractivity contribution >= 4 is 22.5 Å². The molecule has 2 aromatic rings. The molecule has 0 amide bonds. The quantitative estimate of drug-likeness (QED) is 0.537. The largest absolute Gasteiger partial charge is 0.382 e. The Morgan fingerprint density at radius 3 is 2.93 bits per heavy atom. The van der Waals surface area contributed by atoms with E-state index in [4.69, 9.17) is 5.73 Å². The molecule has 0 aliphatic heterocycles. The molecule has 0 unspecified atom stereocenters. The van der Waals surface area contributed by atoms with Gasteiger partial charge in [0.1, 0.15) is 5.82 Å². The third kappa shape index (κ3) is 1.22. The number of hydrogen-bond donors (Lipinski definition) is 1. The number of para-hydroxylation sites is 1. The molecule has 2 rings (SSSR count). The van der Waals surface area contributed by atoms with Crippen LogP contribution in [-0.2, 0) is 0 Å². The van der Waals surface area contributed by atoms with E-state index in [1.165, 1.54) is 12.3 Å². The molecule has 0 spiro atoms. The van der Waals surface area contributed by atoms with Gasteiger partial charge in [-0.15, -0.1) is 0 Å². The van der Waals surface area contributed by atoms with Gasteiger partial charge in [-0.1, -0.05) is 6.07 Å². The second-order valence-corrected chi connectivity index (χ2v) is 2.70. The number of nitrogens with two attached hydrogens (primary N) is 1. The van der Waals surface area contributed by atoms with Crippen molar-refractivity contribution in [1.29, 1.82) is 0 Å². The van der Waals surface area contributed by atoms with E-state index in [1.54, 1.807) is 12.1 Å². The van der Waals surface area contributed by atoms with Crippen LogP contribution in [0.25, 0.3) is 11.0 Å². The summed E-state index contributed by atoms with van der Waals surface area (Å²) < 4.78 is 0. The fourth-order valence-electron chi connectivity index (χ4n) is 1.19. The Morgan fingerprint density at radius 1 is 1.43 bits per heavy atom. The zero-order valence-electron chi connectivity index (χ0n) is 7.04. The molecular formula is C8H6N4O2. The van der Waals surface area contributed by atoms with Crippen molar-refractivity contribution in [2.75, 3.05) is 5.73 Å². The molecule has 0 fully saturated rings. The highest BCUT2D eigenvalue weighted by Crippen LogP contribution is 2.21. The van der Waals surface area contributed by atoms with Crippen molar-refractivity contribution in [3.05, 3.63) is 34.5 Å². The van der Waals surface area contributed by atoms with Crippen LogP contribution >= 0.6 is 0 Å². The molecule has 1 heterocycles. The maximum absolute atomic E-state index is 10.6. The third-order valence-electron chi connectivity index (χ3n) is 1.77. The number of nitrogens with zero attached hydrogens (tertiary/aromatic N) is 3. The first-order valence-corrected chi connectivity index (χ1v) is 3.84. The molecule has 0 saturated carbocycles. The van der Waals surface area contributed by atoms with Crippen LogP contribution in [0, 0.1) is 10.1 Å². The molecule has 0 atom stereocenters. The van der Waals surface area contributed by atoms with Crippen LogP contribution in [0.3, 0.4) is 0 Å². The zero-order chi connectivity index (χ0) is 10.1. The van der Waals surface area contributed by atoms with Gasteiger partial charge in [-0.3, -0.25) is 10.1 Å². The van der Waals surface area contributed by atoms with E-state index in [0.29, 0.717) is 5.52 Å². The number of fused-ring (bicyclic) bond motifs is 1. The Hall–Kier alpha value is -2.24. The molecule has 2 N–H and O–H groups in total. The second-order valence-electron chi connectivity index (χ2n) is 2.70. The molecule has 0 aliphatic rings. The van der Waals surface area contributed by atoms with Gasteiger partial charge >= 0.3 is 0 Å². The van der Waals surface area contributed by atoms with Gasteiger partial charge in [-0.2, -0.15) is 0 Å². The molecular weight excluding hydrogens is 184 g/mol. The Labute approximate surface area is 78.5 Å². The predicted molar refractivity (Wildman–Crippen MR) is 50.6 cm³/mol. The highest BCUT2D eigenvalue weighted by molar-refractivity contribution is 5.84. The summed E-state index contributed by atoms with van der Waals surface area (Å²) in [6, 6.07) is 4.56. The van der Waals surface area contributed by atoms with Crippen LogP contribution in [0.4, 0.5) is 11.5 Å². The first-order valence-electron chi connectivity index (χ1n) is 3.84. The van der Waals surface area contributed by atoms with Gasteiger partial charge in [0.25, 0.3) is 5.69 Å². The molecule has 6 nitrogen and oxygen atoms in total. The summed E-state index contributed by atoms with van der Waals surface area (Å²) in [4.78, 5) is 17.9. The van der Waals surface area contributed by atoms with Crippen LogP contribution in [0.2, 0.25) is 0 Å². The third-order valence-corrected chi connectivity index (χ3v) is 1.77. The minimum Gasteiger partial charge on any atom is -0.382 e. The first kappa shape index (κ1) is 8.36. The lowest BCUT2D eigenvalue weighted by molar-refractivity contribution is -0.383. The summed E-state index contributed by atoms with van der Waals surface area (Å²) >= 11 is 0. The van der Waals surface area contributed by atoms with Crippen LogP contribution in [0.15, 0.2) is 24.4 Å². The van der Waals surface area contributed by atoms with Gasteiger partial charge in [0.2, 0.25) is 0 Å². The van der Waals surface area contributed by atoms with E-state index in [1.807, 2.05) is 0 Å². The van der Waals surface area contributed by atoms with Crippen molar-refractivity contribution in [2.24, 2.45) is 0 Å². The van der Waals surface area contributed by atoms with E-state index in [0.717, 1.165) is 0 Å². The molecule has 0 bridgehead atoms. The average Bonchev–Trinajstić information content (AvgIpc) is 2.16. The normalized spacial score (nSPS) is 10.3. The molecule has 0 aliphatic carbocycles. The molecule has 14 heavy (non-hydrogen) atoms. The fourth-order valence-corrected chi connectivity index (χ4v) is 1.19. The van der Waals surface area contributed by atoms with E-state index in [-0.39, 0.29) is 17.0 Å². The molecule has 1 aromatic heterocycles. The lowest BCUT2D eigenvalue weighted by atomic mass is 10.2. The van der Waals surface area contributed by atoms with Crippen molar-refractivity contribution in [3.63, 3.8) is 0 Å². The minimum atomic E-state index is -0.493. The van der Waals surface area contributed by atoms with Gasteiger partial charge < -0.3 is 5.73 Å². The Kier molecular flexibility index (Phi) is 1.74. The van der Waals surface area contributed by atoms with Gasteiger partial charge in [-0.05, 0) is 6.07 Å². The van der Waals surface area contributed by atoms with Gasteiger partial charge in [0.15, 0.2) is 5.52 Å². The molecule has 0 saturated heterocycles. The highest BCUT2D eigenvalue weighted by Gasteiger charge is 2.12. The smallest absolute Gasteiger partial charge is 0.297 e. The van der Waals surface area contributed by atoms with E-state index >= 15 is 0 Å². The monoisotopic (exact) mass is 190 g/mol. The second kappa shape index (κ2) is 2.91. The minimum absolute atomic E-state index is 0.0602. The molecule has 1 aromatic carbocycles. The summed E-state index contributed by atoms with van der Waals surface area (Å²) in [6.07, 6.45) is 1.30. The number of nitro benzene ring substituents is 1. The number of benzene rings is 1. The maximum atomic E-state index is 10.6. The summed E-state index contributed by atoms with van der Waals surface area (Å²) in [5.74, 6) is 0.248. The number of aromatic nitrogens is 2. The average molecular weight is 190 g/mol. The lowest BCUT2D eigenvalue weighted by Crippen LogP contribution is -1.96. The van der Waals surface area contributed by atoms with Crippen LogP contribution in [0.5, 0.6) is 0 Å². The van der Waals surface area contributed by atoms with Crippen LogP contribution in [-0.4, -0.2) is 14.9 Å². The summed E-state index contributed by atoms with van der Waals surface area (Å²) in [5, 5.41) is 10.6. The van der Waals surface area contributed by atoms with Crippen molar-refractivity contribution < 1.29 is 4.92 Å². The summed E-state index contributed by atoms with van der Waals surface area (Å²) in [5.41, 5.74) is 6.03. The van der Waals surface area contributed by atoms with Crippen LogP contribution < -0.4 is 5.73 Å². The summed E-state index contributed by atoms with van der Waals surface area (Å²) in [6.45, 7) is 0. The van der Waals surface area contributed by atoms with Crippen LogP contribution in [0.1, 0.15) is 0 Å². The number of rotatable bonds is 1. The predicted octanol–water partition coefficient (Wildman–Crippen LogP) is 1.12. The van der Waals surface area contributed by atoms with Crippen molar-refractivity contribution in [1.82, 2.24) is 9.97 Å². The fraction of sp³-hybridized carbons (Fsp3) is 0. The molecule has 70 valence electrons. The Balaban J connectivity index is 2.81. The van der Waals surface area contributed by atoms with E-state index in [2.05, 4.69) is 9.97 Å². The lowest BCUT2D eigenvalue weighted by Gasteiger charge is -1.98. The topological polar surface area (TPSA) is 94.9 Å². The van der Waals surface area contributed by atoms with Gasteiger partial charge in [-0.25, -0.2) is 9.97 Å². The van der Waals surface area contributed by atoms with Gasteiger partial charge in [0, 0.05) is 6.07 Å². The highest BCUT2D eigenvalue weighted by atomic mass is 16.6. The van der Waals surface area contributed by atoms with Crippen molar-refractivity contribution in [3.8, 4) is 0 Å². The van der Waals surface area contributed by atoms with E-state index < -0.39 is 4.92 Å².